The van der Waals surface area contributed by atoms with E-state index in [1.807, 2.05) is 0 Å². The molecule has 0 saturated heterocycles. The average molecular weight is 784 g/mol. The van der Waals surface area contributed by atoms with Crippen molar-refractivity contribution in [3.8, 4) is 67.1 Å². The van der Waals surface area contributed by atoms with Crippen LogP contribution in [0.4, 0.5) is 0 Å². The molecular weight excluding hydrogens is 757 g/mol. The topological polar surface area (TPSA) is 18.5 Å². The maximum atomic E-state index is 6.04. The Morgan fingerprint density at radius 3 is 1.43 bits per heavy atom. The fraction of sp³-hybridized carbons (Fsp3) is 0.0417. The van der Waals surface area contributed by atoms with Crippen LogP contribution in [0.15, 0.2) is 127 Å². The number of hydrogen-bond donors (Lipinski definition) is 0. The van der Waals surface area contributed by atoms with Gasteiger partial charge < -0.3 is 9.47 Å². The van der Waals surface area contributed by atoms with E-state index in [9.17, 15) is 0 Å². The zero-order valence-corrected chi connectivity index (χ0v) is 31.1. The zero-order chi connectivity index (χ0) is 34.9. The molecule has 9 aromatic carbocycles. The van der Waals surface area contributed by atoms with E-state index in [1.165, 1.54) is 124 Å². The second-order valence-corrected chi connectivity index (χ2v) is 16.2. The first kappa shape index (κ1) is 29.0. The van der Waals surface area contributed by atoms with Crippen LogP contribution in [-0.4, -0.2) is 27.6 Å². The van der Waals surface area contributed by atoms with E-state index in [0.29, 0.717) is 0 Å². The smallest absolute Gasteiger partial charge is 0.244 e. The molecule has 13 rings (SSSR count). The van der Waals surface area contributed by atoms with Crippen molar-refractivity contribution in [2.24, 2.45) is 0 Å². The third-order valence-corrected chi connectivity index (χ3v) is 13.8. The molecule has 0 aromatic heterocycles. The van der Waals surface area contributed by atoms with Crippen molar-refractivity contribution in [2.45, 2.75) is 0 Å². The summed E-state index contributed by atoms with van der Waals surface area (Å²) in [7, 11) is 3.59. The highest BCUT2D eigenvalue weighted by atomic mass is 127. The van der Waals surface area contributed by atoms with Gasteiger partial charge in [-0.1, -0.05) is 124 Å². The largest absolute Gasteiger partial charge is 0.497 e. The summed E-state index contributed by atoms with van der Waals surface area (Å²) in [6.07, 6.45) is 0. The number of rotatable bonds is 3. The third kappa shape index (κ3) is 3.40. The second kappa shape index (κ2) is 9.91. The molecule has 244 valence electrons. The zero-order valence-electron chi connectivity index (χ0n) is 29.0. The molecule has 0 spiro atoms. The van der Waals surface area contributed by atoms with Crippen molar-refractivity contribution in [1.29, 1.82) is 0 Å². The van der Waals surface area contributed by atoms with Crippen molar-refractivity contribution in [1.82, 2.24) is 0 Å². The molecular formula is C48H27B2IO2. The molecule has 0 N–H and O–H groups in total. The Kier molecular flexibility index (Phi) is 5.42. The molecule has 0 saturated carbocycles. The van der Waals surface area contributed by atoms with Gasteiger partial charge in [0.05, 0.1) is 14.2 Å². The number of methoxy groups -OCH3 is 2. The quantitative estimate of drug-likeness (QED) is 0.103. The summed E-state index contributed by atoms with van der Waals surface area (Å²) in [5, 5.41) is 8.20. The summed E-state index contributed by atoms with van der Waals surface area (Å²) in [6.45, 7) is 0.298. The van der Waals surface area contributed by atoms with Crippen molar-refractivity contribution in [3.05, 3.63) is 131 Å². The Labute approximate surface area is 321 Å². The van der Waals surface area contributed by atoms with Gasteiger partial charge in [-0.05, 0) is 147 Å². The van der Waals surface area contributed by atoms with Gasteiger partial charge >= 0.3 is 0 Å². The molecule has 4 aliphatic rings. The molecule has 53 heavy (non-hydrogen) atoms. The van der Waals surface area contributed by atoms with Crippen molar-refractivity contribution >= 4 is 101 Å². The van der Waals surface area contributed by atoms with E-state index in [-0.39, 0.29) is 13.4 Å². The van der Waals surface area contributed by atoms with Crippen LogP contribution in [0.1, 0.15) is 0 Å². The molecule has 0 radical (unpaired) electrons. The molecule has 4 heterocycles. The summed E-state index contributed by atoms with van der Waals surface area (Å²) in [5.74, 6) is 1.81. The maximum absolute atomic E-state index is 6.04. The van der Waals surface area contributed by atoms with Crippen molar-refractivity contribution in [3.63, 3.8) is 0 Å². The standard InChI is InChI=1S/C48H27B2IO2/c1-52-25-16-33-27-12-7-9-15-39(27)50-41-22-37-42(51)23-32-36-19-26(53-2)17-34-28-13-6-8-14-38(28)49(48(34)36)40-21-31-29(24-10-4-3-5-11-24)20-30(35(18-25)47(33)50)43(41)45(31)46(37)44(32)40/h3-23H,1-2H3. The van der Waals surface area contributed by atoms with Crippen LogP contribution in [0.2, 0.25) is 0 Å². The predicted octanol–water partition coefficient (Wildman–Crippen LogP) is 7.83. The fourth-order valence-corrected chi connectivity index (χ4v) is 11.7. The summed E-state index contributed by atoms with van der Waals surface area (Å²) < 4.78 is 13.3. The minimum Gasteiger partial charge on any atom is -0.497 e. The van der Waals surface area contributed by atoms with Gasteiger partial charge in [0.15, 0.2) is 0 Å². The van der Waals surface area contributed by atoms with Gasteiger partial charge in [0.2, 0.25) is 13.4 Å². The van der Waals surface area contributed by atoms with Crippen LogP contribution in [-0.2, 0) is 0 Å². The van der Waals surface area contributed by atoms with Gasteiger partial charge in [-0.25, -0.2) is 0 Å². The van der Waals surface area contributed by atoms with Crippen LogP contribution in [0.5, 0.6) is 11.5 Å². The van der Waals surface area contributed by atoms with Gasteiger partial charge in [0.1, 0.15) is 11.5 Å². The highest BCUT2D eigenvalue weighted by Crippen LogP contribution is 2.50. The highest BCUT2D eigenvalue weighted by Gasteiger charge is 2.44. The molecule has 0 amide bonds. The molecule has 5 heteroatoms. The predicted molar refractivity (Wildman–Crippen MR) is 232 cm³/mol. The first-order valence-electron chi connectivity index (χ1n) is 18.3. The number of halogens is 1. The number of fused-ring (bicyclic) bond motifs is 10. The average Bonchev–Trinajstić information content (AvgIpc) is 3.72. The van der Waals surface area contributed by atoms with Crippen molar-refractivity contribution < 1.29 is 9.47 Å². The van der Waals surface area contributed by atoms with Crippen LogP contribution in [0.25, 0.3) is 88.0 Å². The lowest BCUT2D eigenvalue weighted by Gasteiger charge is -2.32. The molecule has 4 aliphatic heterocycles. The molecule has 0 bridgehead atoms. The van der Waals surface area contributed by atoms with Crippen LogP contribution < -0.4 is 42.3 Å². The minimum atomic E-state index is 0.145. The monoisotopic (exact) mass is 784 g/mol. The fourth-order valence-electron chi connectivity index (χ4n) is 10.9. The van der Waals surface area contributed by atoms with Gasteiger partial charge in [-0.2, -0.15) is 0 Å². The Balaban J connectivity index is 1.28. The van der Waals surface area contributed by atoms with E-state index in [0.717, 1.165) is 11.5 Å². The number of ether oxygens (including phenoxy) is 2. The SMILES string of the molecule is COc1cc2c3c(c1)-c1cc(I)c4cc5c6c(cc(-c7ccccc7)c7cc(c1c4c76)B3c1ccccc1-2)-c1cc(OC)cc2c1B5c1ccccc1-2. The first-order chi connectivity index (χ1) is 26.1. The van der Waals surface area contributed by atoms with Gasteiger partial charge in [0, 0.05) is 3.57 Å². The van der Waals surface area contributed by atoms with Gasteiger partial charge in [-0.3, -0.25) is 0 Å². The highest BCUT2D eigenvalue weighted by molar-refractivity contribution is 14.1. The Morgan fingerprint density at radius 1 is 0.396 bits per heavy atom. The molecule has 0 unspecified atom stereocenters. The molecule has 0 aliphatic carbocycles. The first-order valence-corrected chi connectivity index (χ1v) is 19.4. The van der Waals surface area contributed by atoms with Gasteiger partial charge in [0.25, 0.3) is 0 Å². The molecule has 0 atom stereocenters. The Hall–Kier alpha value is -5.52. The lowest BCUT2D eigenvalue weighted by Crippen LogP contribution is -2.53. The lowest BCUT2D eigenvalue weighted by atomic mass is 9.34. The minimum absolute atomic E-state index is 0.145. The normalized spacial score (nSPS) is 13.5. The second-order valence-electron chi connectivity index (χ2n) is 15.1. The summed E-state index contributed by atoms with van der Waals surface area (Å²) in [6, 6.07) is 48.3. The Morgan fingerprint density at radius 2 is 0.868 bits per heavy atom. The van der Waals surface area contributed by atoms with E-state index in [2.05, 4.69) is 150 Å². The van der Waals surface area contributed by atoms with E-state index in [4.69, 9.17) is 9.47 Å². The number of hydrogen-bond acceptors (Lipinski definition) is 2. The molecule has 0 fully saturated rings. The van der Waals surface area contributed by atoms with E-state index >= 15 is 0 Å². The van der Waals surface area contributed by atoms with E-state index < -0.39 is 0 Å². The number of benzene rings is 9. The van der Waals surface area contributed by atoms with Crippen LogP contribution in [0.3, 0.4) is 0 Å². The Bertz CT molecular complexity index is 3160. The van der Waals surface area contributed by atoms with Gasteiger partial charge in [-0.15, -0.1) is 0 Å². The summed E-state index contributed by atoms with van der Waals surface area (Å²) in [5.41, 5.74) is 21.3. The third-order valence-electron chi connectivity index (χ3n) is 12.9. The van der Waals surface area contributed by atoms with Crippen LogP contribution in [0, 0.1) is 3.57 Å². The van der Waals surface area contributed by atoms with Crippen molar-refractivity contribution in [2.75, 3.05) is 14.2 Å². The lowest BCUT2D eigenvalue weighted by molar-refractivity contribution is 0.415. The maximum Gasteiger partial charge on any atom is 0.244 e. The van der Waals surface area contributed by atoms with Crippen LogP contribution >= 0.6 is 22.6 Å². The van der Waals surface area contributed by atoms with E-state index in [1.54, 1.807) is 14.2 Å². The summed E-state index contributed by atoms with van der Waals surface area (Å²) in [4.78, 5) is 0. The molecule has 2 nitrogen and oxygen atoms in total. The summed E-state index contributed by atoms with van der Waals surface area (Å²) >= 11 is 2.62. The molecule has 9 aromatic rings.